The molecule has 2 amide bonds. The zero-order chi connectivity index (χ0) is 23.5. The van der Waals surface area contributed by atoms with Crippen molar-refractivity contribution in [3.63, 3.8) is 0 Å². The number of unbranched alkanes of at least 4 members (excludes halogenated alkanes) is 1. The molecule has 170 valence electrons. The van der Waals surface area contributed by atoms with Gasteiger partial charge in [-0.1, -0.05) is 37.5 Å². The number of nitrogens with one attached hydrogen (secondary N) is 2. The first-order chi connectivity index (χ1) is 15.1. The highest BCUT2D eigenvalue weighted by Gasteiger charge is 2.23. The van der Waals surface area contributed by atoms with E-state index in [9.17, 15) is 9.59 Å². The molecular weight excluding hydrogens is 400 g/mol. The Kier molecular flexibility index (Phi) is 7.02. The predicted octanol–water partition coefficient (Wildman–Crippen LogP) is 5.66. The Hall–Kier alpha value is -3.15. The molecule has 3 aromatic rings. The third-order valence-corrected chi connectivity index (χ3v) is 5.54. The topological polar surface area (TPSA) is 76.0 Å². The molecular formula is C26H34N4O2. The van der Waals surface area contributed by atoms with Gasteiger partial charge in [-0.2, -0.15) is 0 Å². The van der Waals surface area contributed by atoms with Crippen LogP contribution in [0.25, 0.3) is 11.0 Å². The van der Waals surface area contributed by atoms with Crippen molar-refractivity contribution < 1.29 is 9.59 Å². The molecule has 1 atom stereocenters. The maximum absolute atomic E-state index is 13.0. The van der Waals surface area contributed by atoms with E-state index in [1.54, 1.807) is 18.2 Å². The van der Waals surface area contributed by atoms with Crippen LogP contribution in [0, 0.1) is 6.92 Å². The molecule has 1 unspecified atom stereocenters. The number of hydrogen-bond donors (Lipinski definition) is 2. The van der Waals surface area contributed by atoms with Gasteiger partial charge in [0.05, 0.1) is 5.56 Å². The second-order valence-corrected chi connectivity index (χ2v) is 9.49. The van der Waals surface area contributed by atoms with Crippen LogP contribution in [0.2, 0.25) is 0 Å². The average Bonchev–Trinajstić information content (AvgIpc) is 3.12. The normalized spacial score (nSPS) is 12.6. The van der Waals surface area contributed by atoms with Crippen LogP contribution in [0.4, 0.5) is 5.82 Å². The van der Waals surface area contributed by atoms with Crippen LogP contribution < -0.4 is 10.6 Å². The predicted molar refractivity (Wildman–Crippen MR) is 130 cm³/mol. The lowest BCUT2D eigenvalue weighted by molar-refractivity contribution is 0.0938. The average molecular weight is 435 g/mol. The minimum atomic E-state index is -0.281. The van der Waals surface area contributed by atoms with E-state index in [2.05, 4.69) is 38.3 Å². The molecule has 0 aliphatic rings. The summed E-state index contributed by atoms with van der Waals surface area (Å²) in [7, 11) is 0. The van der Waals surface area contributed by atoms with E-state index >= 15 is 0 Å². The highest BCUT2D eigenvalue weighted by molar-refractivity contribution is 6.08. The first-order valence-electron chi connectivity index (χ1n) is 11.3. The molecule has 0 aliphatic heterocycles. The van der Waals surface area contributed by atoms with E-state index in [0.717, 1.165) is 30.2 Å². The summed E-state index contributed by atoms with van der Waals surface area (Å²) in [4.78, 5) is 30.4. The fourth-order valence-electron chi connectivity index (χ4n) is 3.64. The van der Waals surface area contributed by atoms with Crippen LogP contribution >= 0.6 is 0 Å². The zero-order valence-corrected chi connectivity index (χ0v) is 20.0. The number of amides is 2. The lowest BCUT2D eigenvalue weighted by Crippen LogP contribution is -2.32. The molecule has 0 bridgehead atoms. The molecule has 0 aliphatic carbocycles. The Morgan fingerprint density at radius 1 is 1.06 bits per heavy atom. The number of rotatable bonds is 7. The van der Waals surface area contributed by atoms with Crippen molar-refractivity contribution in [3.8, 4) is 0 Å². The van der Waals surface area contributed by atoms with Gasteiger partial charge in [0.15, 0.2) is 0 Å². The molecule has 3 rings (SSSR count). The van der Waals surface area contributed by atoms with Crippen LogP contribution in [0.15, 0.2) is 42.6 Å². The van der Waals surface area contributed by atoms with Gasteiger partial charge < -0.3 is 15.2 Å². The second kappa shape index (κ2) is 9.55. The van der Waals surface area contributed by atoms with Gasteiger partial charge in [0.1, 0.15) is 11.5 Å². The van der Waals surface area contributed by atoms with E-state index in [1.165, 1.54) is 0 Å². The standard InChI is InChI=1S/C26H34N4O2/c1-7-8-9-18(3)27-25(32)21-16-30(26(4,5)6)23-20(21)14-15-22(28-23)29-24(31)19-12-10-17(2)11-13-19/h10-16,18H,7-9H2,1-6H3,(H,27,32)(H,28,29,31). The smallest absolute Gasteiger partial charge is 0.256 e. The maximum Gasteiger partial charge on any atom is 0.256 e. The minimum Gasteiger partial charge on any atom is -0.350 e. The highest BCUT2D eigenvalue weighted by atomic mass is 16.2. The van der Waals surface area contributed by atoms with Gasteiger partial charge in [-0.15, -0.1) is 0 Å². The lowest BCUT2D eigenvalue weighted by Gasteiger charge is -2.22. The van der Waals surface area contributed by atoms with Gasteiger partial charge in [-0.05, 0) is 65.3 Å². The molecule has 0 spiro atoms. The summed E-state index contributed by atoms with van der Waals surface area (Å²) in [5.74, 6) is 0.142. The first-order valence-corrected chi connectivity index (χ1v) is 11.3. The van der Waals surface area contributed by atoms with Crippen LogP contribution in [0.1, 0.15) is 80.2 Å². The number of carbonyl (C=O) groups excluding carboxylic acids is 2. The third-order valence-electron chi connectivity index (χ3n) is 5.54. The number of nitrogens with zero attached hydrogens (tertiary/aromatic N) is 2. The van der Waals surface area contributed by atoms with E-state index in [4.69, 9.17) is 4.98 Å². The van der Waals surface area contributed by atoms with E-state index < -0.39 is 0 Å². The fraction of sp³-hybridized carbons (Fsp3) is 0.423. The van der Waals surface area contributed by atoms with Crippen molar-refractivity contribution in [2.45, 2.75) is 72.4 Å². The van der Waals surface area contributed by atoms with Gasteiger partial charge in [-0.25, -0.2) is 4.98 Å². The molecule has 2 heterocycles. The molecule has 0 radical (unpaired) electrons. The number of carbonyl (C=O) groups is 2. The van der Waals surface area contributed by atoms with Crippen molar-refractivity contribution in [1.29, 1.82) is 0 Å². The molecule has 0 fully saturated rings. The molecule has 2 N–H and O–H groups in total. The Morgan fingerprint density at radius 3 is 2.38 bits per heavy atom. The summed E-state index contributed by atoms with van der Waals surface area (Å²) < 4.78 is 2.00. The Balaban J connectivity index is 1.92. The maximum atomic E-state index is 13.0. The van der Waals surface area contributed by atoms with Crippen molar-refractivity contribution in [1.82, 2.24) is 14.9 Å². The summed E-state index contributed by atoms with van der Waals surface area (Å²) >= 11 is 0. The van der Waals surface area contributed by atoms with Crippen molar-refractivity contribution >= 4 is 28.7 Å². The molecule has 0 saturated carbocycles. The van der Waals surface area contributed by atoms with Crippen LogP contribution in [-0.4, -0.2) is 27.4 Å². The number of anilines is 1. The Bertz CT molecular complexity index is 1110. The summed E-state index contributed by atoms with van der Waals surface area (Å²) in [6.07, 6.45) is 5.00. The third kappa shape index (κ3) is 5.36. The van der Waals surface area contributed by atoms with Gasteiger partial charge in [0, 0.05) is 28.7 Å². The number of hydrogen-bond acceptors (Lipinski definition) is 3. The Morgan fingerprint density at radius 2 is 1.75 bits per heavy atom. The summed E-state index contributed by atoms with van der Waals surface area (Å²) in [5.41, 5.74) is 2.66. The molecule has 6 nitrogen and oxygen atoms in total. The van der Waals surface area contributed by atoms with Crippen LogP contribution in [-0.2, 0) is 5.54 Å². The summed E-state index contributed by atoms with van der Waals surface area (Å²) in [5, 5.41) is 6.76. The number of aryl methyl sites for hydroxylation is 1. The Labute approximate surface area is 190 Å². The first kappa shape index (κ1) is 23.5. The van der Waals surface area contributed by atoms with Gasteiger partial charge >= 0.3 is 0 Å². The molecule has 32 heavy (non-hydrogen) atoms. The van der Waals surface area contributed by atoms with Crippen molar-refractivity contribution in [3.05, 3.63) is 59.3 Å². The number of pyridine rings is 1. The highest BCUT2D eigenvalue weighted by Crippen LogP contribution is 2.28. The van der Waals surface area contributed by atoms with Crippen LogP contribution in [0.5, 0.6) is 0 Å². The van der Waals surface area contributed by atoms with E-state index in [-0.39, 0.29) is 23.4 Å². The number of fused-ring (bicyclic) bond motifs is 1. The number of benzene rings is 1. The lowest BCUT2D eigenvalue weighted by atomic mass is 10.1. The summed E-state index contributed by atoms with van der Waals surface area (Å²) in [6, 6.07) is 11.1. The molecule has 2 aromatic heterocycles. The minimum absolute atomic E-state index is 0.0974. The van der Waals surface area contributed by atoms with Crippen LogP contribution in [0.3, 0.4) is 0 Å². The van der Waals surface area contributed by atoms with E-state index in [0.29, 0.717) is 22.6 Å². The SMILES string of the molecule is CCCCC(C)NC(=O)c1cn(C(C)(C)C)c2nc(NC(=O)c3ccc(C)cc3)ccc12. The van der Waals surface area contributed by atoms with Gasteiger partial charge in [0.2, 0.25) is 0 Å². The molecule has 0 saturated heterocycles. The largest absolute Gasteiger partial charge is 0.350 e. The number of aromatic nitrogens is 2. The zero-order valence-electron chi connectivity index (χ0n) is 20.0. The van der Waals surface area contributed by atoms with Crippen molar-refractivity contribution in [2.24, 2.45) is 0 Å². The fourth-order valence-corrected chi connectivity index (χ4v) is 3.64. The monoisotopic (exact) mass is 434 g/mol. The van der Waals surface area contributed by atoms with Crippen molar-refractivity contribution in [2.75, 3.05) is 5.32 Å². The molecule has 1 aromatic carbocycles. The van der Waals surface area contributed by atoms with E-state index in [1.807, 2.05) is 42.8 Å². The van der Waals surface area contributed by atoms with Gasteiger partial charge in [-0.3, -0.25) is 9.59 Å². The molecule has 6 heteroatoms. The quantitative estimate of drug-likeness (QED) is 0.504. The van der Waals surface area contributed by atoms with Gasteiger partial charge in [0.25, 0.3) is 11.8 Å². The summed E-state index contributed by atoms with van der Waals surface area (Å²) in [6.45, 7) is 12.4. The second-order valence-electron chi connectivity index (χ2n) is 9.49.